The van der Waals surface area contributed by atoms with Gasteiger partial charge in [-0.15, -0.1) is 5.10 Å². The van der Waals surface area contributed by atoms with Gasteiger partial charge < -0.3 is 10.6 Å². The van der Waals surface area contributed by atoms with E-state index in [0.29, 0.717) is 29.2 Å². The first kappa shape index (κ1) is 30.2. The lowest BCUT2D eigenvalue weighted by atomic mass is 9.92. The second-order valence-corrected chi connectivity index (χ2v) is 9.91. The number of anilines is 1. The normalized spacial score (nSPS) is 17.2. The molecular weight excluding hydrogens is 461 g/mol. The molecule has 1 aliphatic rings. The van der Waals surface area contributed by atoms with Crippen molar-refractivity contribution >= 4 is 16.6 Å². The zero-order valence-corrected chi connectivity index (χ0v) is 23.9. The van der Waals surface area contributed by atoms with Crippen molar-refractivity contribution in [3.8, 4) is 6.07 Å². The fourth-order valence-corrected chi connectivity index (χ4v) is 4.53. The topological polar surface area (TPSA) is 73.6 Å². The van der Waals surface area contributed by atoms with Crippen molar-refractivity contribution in [2.45, 2.75) is 87.2 Å². The summed E-state index contributed by atoms with van der Waals surface area (Å²) in [4.78, 5) is 0. The summed E-state index contributed by atoms with van der Waals surface area (Å²) >= 11 is 0. The molecule has 0 spiro atoms. The molecule has 0 aliphatic carbocycles. The van der Waals surface area contributed by atoms with Crippen LogP contribution >= 0.6 is 0 Å². The Labute approximate surface area is 222 Å². The Morgan fingerprint density at radius 1 is 1.16 bits per heavy atom. The van der Waals surface area contributed by atoms with Crippen molar-refractivity contribution in [3.63, 3.8) is 0 Å². The number of fused-ring (bicyclic) bond motifs is 1. The predicted molar refractivity (Wildman–Crippen MR) is 153 cm³/mol. The SMILES string of the molecule is CC.CCC(C)CC1NCCC1C.Cc1cc2c(NCc3cccc(C#N)c3C)nnc(C)c2cc1F. The van der Waals surface area contributed by atoms with Crippen LogP contribution in [0.2, 0.25) is 0 Å². The first-order valence-electron chi connectivity index (χ1n) is 13.6. The van der Waals surface area contributed by atoms with E-state index in [4.69, 9.17) is 5.26 Å². The number of hydrogen-bond donors (Lipinski definition) is 2. The summed E-state index contributed by atoms with van der Waals surface area (Å²) in [7, 11) is 0. The Hall–Kier alpha value is -3.04. The zero-order valence-electron chi connectivity index (χ0n) is 23.9. The number of hydrogen-bond acceptors (Lipinski definition) is 5. The van der Waals surface area contributed by atoms with E-state index in [2.05, 4.69) is 47.7 Å². The van der Waals surface area contributed by atoms with Crippen LogP contribution in [0.4, 0.5) is 10.2 Å². The molecular formula is C31H44FN5. The summed E-state index contributed by atoms with van der Waals surface area (Å²) in [6.45, 7) is 18.2. The van der Waals surface area contributed by atoms with Crippen LogP contribution in [0.15, 0.2) is 30.3 Å². The molecule has 6 heteroatoms. The van der Waals surface area contributed by atoms with E-state index < -0.39 is 0 Å². The van der Waals surface area contributed by atoms with Gasteiger partial charge in [0.05, 0.1) is 17.3 Å². The number of aromatic nitrogens is 2. The average molecular weight is 506 g/mol. The molecule has 4 rings (SSSR count). The Morgan fingerprint density at radius 2 is 1.89 bits per heavy atom. The lowest BCUT2D eigenvalue weighted by Gasteiger charge is -2.19. The number of halogens is 1. The molecule has 0 amide bonds. The summed E-state index contributed by atoms with van der Waals surface area (Å²) in [5, 5.41) is 25.9. The van der Waals surface area contributed by atoms with Gasteiger partial charge in [-0.3, -0.25) is 0 Å². The van der Waals surface area contributed by atoms with Crippen LogP contribution in [0.5, 0.6) is 0 Å². The molecule has 1 aliphatic heterocycles. The predicted octanol–water partition coefficient (Wildman–Crippen LogP) is 7.62. The Bertz CT molecular complexity index is 1200. The lowest BCUT2D eigenvalue weighted by molar-refractivity contribution is 0.374. The first-order valence-corrected chi connectivity index (χ1v) is 13.6. The van der Waals surface area contributed by atoms with Gasteiger partial charge in [-0.1, -0.05) is 53.2 Å². The summed E-state index contributed by atoms with van der Waals surface area (Å²) in [5.74, 6) is 2.17. The van der Waals surface area contributed by atoms with Gasteiger partial charge in [0.1, 0.15) is 5.82 Å². The molecule has 0 bridgehead atoms. The van der Waals surface area contributed by atoms with Crippen molar-refractivity contribution in [1.29, 1.82) is 5.26 Å². The monoisotopic (exact) mass is 505 g/mol. The van der Waals surface area contributed by atoms with E-state index in [0.717, 1.165) is 39.8 Å². The van der Waals surface area contributed by atoms with Gasteiger partial charge in [-0.2, -0.15) is 10.4 Å². The van der Waals surface area contributed by atoms with Crippen molar-refractivity contribution in [1.82, 2.24) is 15.5 Å². The number of benzene rings is 2. The number of rotatable bonds is 6. The van der Waals surface area contributed by atoms with Crippen molar-refractivity contribution in [3.05, 3.63) is 64.1 Å². The molecule has 0 saturated carbocycles. The molecule has 3 atom stereocenters. The van der Waals surface area contributed by atoms with Crippen LogP contribution in [0.1, 0.15) is 81.8 Å². The van der Waals surface area contributed by atoms with E-state index in [9.17, 15) is 4.39 Å². The fraction of sp³-hybridized carbons (Fsp3) is 0.516. The maximum Gasteiger partial charge on any atom is 0.156 e. The number of nitrogens with zero attached hydrogens (tertiary/aromatic N) is 3. The molecule has 2 N–H and O–H groups in total. The Kier molecular flexibility index (Phi) is 11.9. The molecule has 3 unspecified atom stereocenters. The highest BCUT2D eigenvalue weighted by atomic mass is 19.1. The summed E-state index contributed by atoms with van der Waals surface area (Å²) < 4.78 is 13.8. The zero-order chi connectivity index (χ0) is 27.5. The molecule has 1 aromatic heterocycles. The van der Waals surface area contributed by atoms with Crippen molar-refractivity contribution in [2.24, 2.45) is 11.8 Å². The maximum absolute atomic E-state index is 13.8. The third-order valence-corrected chi connectivity index (χ3v) is 7.30. The quantitative estimate of drug-likeness (QED) is 0.360. The van der Waals surface area contributed by atoms with Gasteiger partial charge in [0.25, 0.3) is 0 Å². The van der Waals surface area contributed by atoms with Gasteiger partial charge >= 0.3 is 0 Å². The standard InChI is InChI=1S/C19H17FN4.C10H21N.C2H6/c1-11-7-17-16(8-18(11)20)13(3)23-24-19(17)22-10-15-6-4-5-14(9-21)12(15)2;1-4-8(2)7-10-9(3)5-6-11-10;1-2/h4-8H,10H2,1-3H3,(H,22,24);8-11H,4-7H2,1-3H3;1-2H3. The number of nitrogens with one attached hydrogen (secondary N) is 2. The van der Waals surface area contributed by atoms with E-state index in [-0.39, 0.29) is 5.82 Å². The van der Waals surface area contributed by atoms with Gasteiger partial charge in [-0.05, 0) is 86.9 Å². The third kappa shape index (κ3) is 7.97. The van der Waals surface area contributed by atoms with Crippen LogP contribution in [-0.2, 0) is 6.54 Å². The second kappa shape index (κ2) is 14.6. The minimum Gasteiger partial charge on any atom is -0.364 e. The smallest absolute Gasteiger partial charge is 0.156 e. The molecule has 2 heterocycles. The summed E-state index contributed by atoms with van der Waals surface area (Å²) in [5.41, 5.74) is 3.88. The highest BCUT2D eigenvalue weighted by Gasteiger charge is 2.23. The summed E-state index contributed by atoms with van der Waals surface area (Å²) in [6, 6.07) is 11.9. The van der Waals surface area contributed by atoms with Crippen LogP contribution in [0.25, 0.3) is 10.8 Å². The van der Waals surface area contributed by atoms with Crippen LogP contribution in [-0.4, -0.2) is 22.8 Å². The molecule has 1 fully saturated rings. The fourth-order valence-electron chi connectivity index (χ4n) is 4.53. The molecule has 0 radical (unpaired) electrons. The van der Waals surface area contributed by atoms with E-state index in [1.807, 2.05) is 39.8 Å². The maximum atomic E-state index is 13.8. The van der Waals surface area contributed by atoms with Gasteiger partial charge in [-0.25, -0.2) is 4.39 Å². The van der Waals surface area contributed by atoms with Gasteiger partial charge in [0.2, 0.25) is 0 Å². The average Bonchev–Trinajstić information content (AvgIpc) is 3.31. The molecule has 3 aromatic rings. The largest absolute Gasteiger partial charge is 0.364 e. The van der Waals surface area contributed by atoms with E-state index >= 15 is 0 Å². The third-order valence-electron chi connectivity index (χ3n) is 7.30. The van der Waals surface area contributed by atoms with Crippen LogP contribution in [0.3, 0.4) is 0 Å². The molecule has 200 valence electrons. The van der Waals surface area contributed by atoms with Crippen LogP contribution in [0, 0.1) is 49.8 Å². The lowest BCUT2D eigenvalue weighted by Crippen LogP contribution is -2.27. The van der Waals surface area contributed by atoms with Crippen LogP contribution < -0.4 is 10.6 Å². The molecule has 1 saturated heterocycles. The van der Waals surface area contributed by atoms with Crippen molar-refractivity contribution < 1.29 is 4.39 Å². The highest BCUT2D eigenvalue weighted by Crippen LogP contribution is 2.26. The summed E-state index contributed by atoms with van der Waals surface area (Å²) in [6.07, 6.45) is 4.07. The first-order chi connectivity index (χ1) is 17.7. The molecule has 5 nitrogen and oxygen atoms in total. The van der Waals surface area contributed by atoms with Gasteiger partial charge in [0.15, 0.2) is 5.82 Å². The second-order valence-electron chi connectivity index (χ2n) is 9.91. The van der Waals surface area contributed by atoms with Crippen molar-refractivity contribution in [2.75, 3.05) is 11.9 Å². The molecule has 37 heavy (non-hydrogen) atoms. The number of nitriles is 1. The molecule has 2 aromatic carbocycles. The van der Waals surface area contributed by atoms with E-state index in [1.54, 1.807) is 19.1 Å². The highest BCUT2D eigenvalue weighted by molar-refractivity contribution is 5.93. The minimum absolute atomic E-state index is 0.248. The van der Waals surface area contributed by atoms with Gasteiger partial charge in [0, 0.05) is 23.4 Å². The number of aryl methyl sites for hydroxylation is 2. The Morgan fingerprint density at radius 3 is 2.51 bits per heavy atom. The van der Waals surface area contributed by atoms with E-state index in [1.165, 1.54) is 31.9 Å². The Balaban J connectivity index is 0.000000311. The minimum atomic E-state index is -0.248.